The van der Waals surface area contributed by atoms with Crippen molar-refractivity contribution in [2.45, 2.75) is 39.3 Å². The fraction of sp³-hybridized carbons (Fsp3) is 0.700. The molecule has 1 N–H and O–H groups in total. The van der Waals surface area contributed by atoms with Crippen LogP contribution in [-0.2, 0) is 6.54 Å². The lowest BCUT2D eigenvalue weighted by molar-refractivity contribution is 0.409. The molecule has 3 nitrogen and oxygen atoms in total. The highest BCUT2D eigenvalue weighted by atomic mass is 15.3. The second kappa shape index (κ2) is 4.42. The minimum Gasteiger partial charge on any atom is -0.312 e. The number of rotatable bonds is 4. The lowest BCUT2D eigenvalue weighted by Gasteiger charge is -2.20. The molecule has 0 unspecified atom stereocenters. The summed E-state index contributed by atoms with van der Waals surface area (Å²) in [5, 5.41) is 7.58. The van der Waals surface area contributed by atoms with Gasteiger partial charge in [0, 0.05) is 24.5 Å². The molecule has 0 aromatic carbocycles. The quantitative estimate of drug-likeness (QED) is 0.716. The molecule has 0 fully saturated rings. The van der Waals surface area contributed by atoms with E-state index in [2.05, 4.69) is 31.2 Å². The molecule has 0 bridgehead atoms. The van der Waals surface area contributed by atoms with Gasteiger partial charge in [-0.2, -0.15) is 5.10 Å². The summed E-state index contributed by atoms with van der Waals surface area (Å²) in [6, 6.07) is 1.96. The van der Waals surface area contributed by atoms with E-state index < -0.39 is 0 Å². The molecule has 13 heavy (non-hydrogen) atoms. The van der Waals surface area contributed by atoms with Crippen molar-refractivity contribution in [1.29, 1.82) is 0 Å². The molecule has 1 aromatic rings. The molecular weight excluding hydrogens is 162 g/mol. The number of hydrogen-bond acceptors (Lipinski definition) is 2. The normalized spacial score (nSPS) is 11.9. The fourth-order valence-electron chi connectivity index (χ4n) is 1.14. The predicted octanol–water partition coefficient (Wildman–Crippen LogP) is 1.66. The van der Waals surface area contributed by atoms with Crippen LogP contribution in [0.1, 0.15) is 27.2 Å². The molecule has 1 rings (SSSR count). The summed E-state index contributed by atoms with van der Waals surface area (Å²) in [5.74, 6) is 0. The molecule has 0 spiro atoms. The van der Waals surface area contributed by atoms with Gasteiger partial charge in [-0.05, 0) is 39.8 Å². The Morgan fingerprint density at radius 3 is 2.69 bits per heavy atom. The summed E-state index contributed by atoms with van der Waals surface area (Å²) in [6.45, 7) is 8.59. The number of hydrogen-bond donors (Lipinski definition) is 1. The van der Waals surface area contributed by atoms with Gasteiger partial charge in [0.2, 0.25) is 0 Å². The Hall–Kier alpha value is -0.830. The monoisotopic (exact) mass is 181 g/mol. The molecule has 3 heteroatoms. The van der Waals surface area contributed by atoms with Crippen molar-refractivity contribution in [3.63, 3.8) is 0 Å². The number of nitrogens with one attached hydrogen (secondary N) is 1. The summed E-state index contributed by atoms with van der Waals surface area (Å²) in [4.78, 5) is 0. The van der Waals surface area contributed by atoms with Gasteiger partial charge in [0.05, 0.1) is 0 Å². The topological polar surface area (TPSA) is 29.9 Å². The van der Waals surface area contributed by atoms with Crippen molar-refractivity contribution in [2.75, 3.05) is 6.54 Å². The zero-order chi connectivity index (χ0) is 9.73. The molecule has 0 aliphatic carbocycles. The number of aromatic nitrogens is 2. The highest BCUT2D eigenvalue weighted by Gasteiger charge is 2.06. The summed E-state index contributed by atoms with van der Waals surface area (Å²) in [7, 11) is 0. The first-order valence-corrected chi connectivity index (χ1v) is 4.80. The van der Waals surface area contributed by atoms with E-state index in [4.69, 9.17) is 0 Å². The van der Waals surface area contributed by atoms with Crippen molar-refractivity contribution in [3.05, 3.63) is 18.5 Å². The molecule has 74 valence electrons. The van der Waals surface area contributed by atoms with Gasteiger partial charge in [-0.15, -0.1) is 0 Å². The van der Waals surface area contributed by atoms with Crippen molar-refractivity contribution in [2.24, 2.45) is 0 Å². The Balaban J connectivity index is 2.09. The lowest BCUT2D eigenvalue weighted by atomic mass is 10.1. The largest absolute Gasteiger partial charge is 0.312 e. The molecule has 1 heterocycles. The Kier molecular flexibility index (Phi) is 3.48. The van der Waals surface area contributed by atoms with Gasteiger partial charge in [0.25, 0.3) is 0 Å². The first-order valence-electron chi connectivity index (χ1n) is 4.80. The Bertz CT molecular complexity index is 221. The van der Waals surface area contributed by atoms with E-state index in [1.165, 1.54) is 0 Å². The zero-order valence-corrected chi connectivity index (χ0v) is 8.75. The van der Waals surface area contributed by atoms with E-state index in [1.807, 2.05) is 23.1 Å². The zero-order valence-electron chi connectivity index (χ0n) is 8.75. The fourth-order valence-corrected chi connectivity index (χ4v) is 1.14. The van der Waals surface area contributed by atoms with E-state index >= 15 is 0 Å². The summed E-state index contributed by atoms with van der Waals surface area (Å²) in [6.07, 6.45) is 4.94. The smallest absolute Gasteiger partial charge is 0.0489 e. The van der Waals surface area contributed by atoms with Crippen LogP contribution in [0.25, 0.3) is 0 Å². The van der Waals surface area contributed by atoms with E-state index in [-0.39, 0.29) is 5.54 Å². The van der Waals surface area contributed by atoms with Crippen LogP contribution in [0.3, 0.4) is 0 Å². The Morgan fingerprint density at radius 2 is 2.15 bits per heavy atom. The first kappa shape index (κ1) is 10.3. The highest BCUT2D eigenvalue weighted by Crippen LogP contribution is 1.98. The van der Waals surface area contributed by atoms with Crippen LogP contribution in [-0.4, -0.2) is 21.9 Å². The first-order chi connectivity index (χ1) is 6.08. The van der Waals surface area contributed by atoms with Gasteiger partial charge in [-0.25, -0.2) is 0 Å². The molecule has 0 saturated carbocycles. The van der Waals surface area contributed by atoms with Gasteiger partial charge >= 0.3 is 0 Å². The van der Waals surface area contributed by atoms with Crippen molar-refractivity contribution in [1.82, 2.24) is 15.1 Å². The molecular formula is C10H19N3. The third-order valence-electron chi connectivity index (χ3n) is 1.78. The maximum atomic E-state index is 4.14. The lowest BCUT2D eigenvalue weighted by Crippen LogP contribution is -2.36. The summed E-state index contributed by atoms with van der Waals surface area (Å²) >= 11 is 0. The Morgan fingerprint density at radius 1 is 1.38 bits per heavy atom. The average Bonchev–Trinajstić information content (AvgIpc) is 2.48. The van der Waals surface area contributed by atoms with Crippen molar-refractivity contribution < 1.29 is 0 Å². The summed E-state index contributed by atoms with van der Waals surface area (Å²) < 4.78 is 1.96. The van der Waals surface area contributed by atoms with Gasteiger partial charge in [-0.3, -0.25) is 4.68 Å². The van der Waals surface area contributed by atoms with E-state index in [0.29, 0.717) is 0 Å². The highest BCUT2D eigenvalue weighted by molar-refractivity contribution is 4.77. The second-order valence-corrected chi connectivity index (χ2v) is 4.30. The summed E-state index contributed by atoms with van der Waals surface area (Å²) in [5.41, 5.74) is 0.226. The SMILES string of the molecule is CC(C)(C)NCCCn1cccn1. The third kappa shape index (κ3) is 4.68. The van der Waals surface area contributed by atoms with Gasteiger partial charge in [0.1, 0.15) is 0 Å². The van der Waals surface area contributed by atoms with Crippen LogP contribution < -0.4 is 5.32 Å². The molecule has 0 radical (unpaired) electrons. The molecule has 0 aliphatic rings. The number of nitrogens with zero attached hydrogens (tertiary/aromatic N) is 2. The van der Waals surface area contributed by atoms with E-state index in [0.717, 1.165) is 19.5 Å². The van der Waals surface area contributed by atoms with Crippen LogP contribution in [0.15, 0.2) is 18.5 Å². The average molecular weight is 181 g/mol. The third-order valence-corrected chi connectivity index (χ3v) is 1.78. The van der Waals surface area contributed by atoms with Gasteiger partial charge in [-0.1, -0.05) is 0 Å². The Labute approximate surface area is 80.1 Å². The standard InChI is InChI=1S/C10H19N3/c1-10(2,3)11-6-4-8-13-9-5-7-12-13/h5,7,9,11H,4,6,8H2,1-3H3. The van der Waals surface area contributed by atoms with Crippen molar-refractivity contribution >= 4 is 0 Å². The minimum absolute atomic E-state index is 0.226. The molecule has 1 aromatic heterocycles. The molecule has 0 atom stereocenters. The maximum Gasteiger partial charge on any atom is 0.0489 e. The van der Waals surface area contributed by atoms with E-state index in [9.17, 15) is 0 Å². The van der Waals surface area contributed by atoms with Crippen molar-refractivity contribution in [3.8, 4) is 0 Å². The predicted molar refractivity (Wildman–Crippen MR) is 54.6 cm³/mol. The van der Waals surface area contributed by atoms with Crippen LogP contribution in [0.4, 0.5) is 0 Å². The number of aryl methyl sites for hydroxylation is 1. The maximum absolute atomic E-state index is 4.14. The van der Waals surface area contributed by atoms with Gasteiger partial charge in [0.15, 0.2) is 0 Å². The second-order valence-electron chi connectivity index (χ2n) is 4.30. The minimum atomic E-state index is 0.226. The molecule has 0 saturated heterocycles. The molecule has 0 aliphatic heterocycles. The van der Waals surface area contributed by atoms with Crippen LogP contribution in [0, 0.1) is 0 Å². The van der Waals surface area contributed by atoms with Crippen LogP contribution in [0.5, 0.6) is 0 Å². The van der Waals surface area contributed by atoms with Crippen LogP contribution >= 0.6 is 0 Å². The van der Waals surface area contributed by atoms with Crippen LogP contribution in [0.2, 0.25) is 0 Å². The van der Waals surface area contributed by atoms with E-state index in [1.54, 1.807) is 0 Å². The van der Waals surface area contributed by atoms with Gasteiger partial charge < -0.3 is 5.32 Å². The molecule has 0 amide bonds.